The van der Waals surface area contributed by atoms with E-state index in [1.165, 1.54) is 30.0 Å². The second-order valence-electron chi connectivity index (χ2n) is 4.12. The highest BCUT2D eigenvalue weighted by Gasteiger charge is 2.08. The predicted octanol–water partition coefficient (Wildman–Crippen LogP) is 2.99. The van der Waals surface area contributed by atoms with Crippen LogP contribution < -0.4 is 5.56 Å². The SMILES string of the molecule is COC(=O)c1ccc(=O)n(Cc2ccc(Cl)c(Cl)c2)c1. The normalized spacial score (nSPS) is 10.3. The minimum absolute atomic E-state index is 0.219. The van der Waals surface area contributed by atoms with Gasteiger partial charge in [0.05, 0.1) is 29.3 Å². The zero-order valence-corrected chi connectivity index (χ0v) is 12.1. The second-order valence-corrected chi connectivity index (χ2v) is 4.94. The summed E-state index contributed by atoms with van der Waals surface area (Å²) in [5, 5.41) is 0.868. The maximum atomic E-state index is 11.8. The van der Waals surface area contributed by atoms with Crippen LogP contribution in [-0.2, 0) is 11.3 Å². The fraction of sp³-hybridized carbons (Fsp3) is 0.143. The monoisotopic (exact) mass is 311 g/mol. The van der Waals surface area contributed by atoms with Crippen molar-refractivity contribution in [2.75, 3.05) is 7.11 Å². The van der Waals surface area contributed by atoms with E-state index in [9.17, 15) is 9.59 Å². The molecule has 0 N–H and O–H groups in total. The number of hydrogen-bond donors (Lipinski definition) is 0. The number of rotatable bonds is 3. The van der Waals surface area contributed by atoms with Crippen LogP contribution in [0, 0.1) is 0 Å². The molecule has 6 heteroatoms. The van der Waals surface area contributed by atoms with Crippen molar-refractivity contribution in [1.29, 1.82) is 0 Å². The number of hydrogen-bond acceptors (Lipinski definition) is 3. The van der Waals surface area contributed by atoms with Gasteiger partial charge in [0.15, 0.2) is 0 Å². The molecule has 104 valence electrons. The van der Waals surface area contributed by atoms with Crippen LogP contribution in [0.1, 0.15) is 15.9 Å². The lowest BCUT2D eigenvalue weighted by Crippen LogP contribution is -2.21. The number of benzene rings is 1. The number of carbonyl (C=O) groups is 1. The molecule has 0 bridgehead atoms. The van der Waals surface area contributed by atoms with Crippen molar-refractivity contribution < 1.29 is 9.53 Å². The van der Waals surface area contributed by atoms with Crippen LogP contribution in [-0.4, -0.2) is 17.6 Å². The van der Waals surface area contributed by atoms with E-state index in [2.05, 4.69) is 4.74 Å². The number of esters is 1. The lowest BCUT2D eigenvalue weighted by Gasteiger charge is -2.08. The van der Waals surface area contributed by atoms with Crippen molar-refractivity contribution in [2.24, 2.45) is 0 Å². The Morgan fingerprint density at radius 1 is 1.20 bits per heavy atom. The summed E-state index contributed by atoms with van der Waals surface area (Å²) in [5.74, 6) is -0.493. The number of pyridine rings is 1. The quantitative estimate of drug-likeness (QED) is 0.819. The average molecular weight is 312 g/mol. The van der Waals surface area contributed by atoms with Gasteiger partial charge in [0.25, 0.3) is 5.56 Å². The first-order valence-electron chi connectivity index (χ1n) is 5.74. The predicted molar refractivity (Wildman–Crippen MR) is 77.6 cm³/mol. The molecule has 0 atom stereocenters. The Kier molecular flexibility index (Phi) is 4.47. The largest absolute Gasteiger partial charge is 0.465 e. The summed E-state index contributed by atoms with van der Waals surface area (Å²) >= 11 is 11.8. The van der Waals surface area contributed by atoms with Crippen LogP contribution in [0.4, 0.5) is 0 Å². The summed E-state index contributed by atoms with van der Waals surface area (Å²) in [6.45, 7) is 0.292. The maximum absolute atomic E-state index is 11.8. The summed E-state index contributed by atoms with van der Waals surface area (Å²) in [4.78, 5) is 23.2. The smallest absolute Gasteiger partial charge is 0.339 e. The summed E-state index contributed by atoms with van der Waals surface area (Å²) in [6.07, 6.45) is 1.46. The molecule has 2 aromatic rings. The van der Waals surface area contributed by atoms with Crippen molar-refractivity contribution in [3.63, 3.8) is 0 Å². The maximum Gasteiger partial charge on any atom is 0.339 e. The third kappa shape index (κ3) is 3.21. The summed E-state index contributed by atoms with van der Waals surface area (Å²) in [7, 11) is 1.29. The highest BCUT2D eigenvalue weighted by atomic mass is 35.5. The molecule has 1 aromatic heterocycles. The third-order valence-corrected chi connectivity index (χ3v) is 3.48. The van der Waals surface area contributed by atoms with E-state index in [0.717, 1.165) is 5.56 Å². The zero-order chi connectivity index (χ0) is 14.7. The highest BCUT2D eigenvalue weighted by molar-refractivity contribution is 6.42. The molecular weight excluding hydrogens is 301 g/mol. The van der Waals surface area contributed by atoms with Gasteiger partial charge in [0.1, 0.15) is 0 Å². The molecule has 0 spiro atoms. The van der Waals surface area contributed by atoms with Crippen LogP contribution in [0.5, 0.6) is 0 Å². The Morgan fingerprint density at radius 2 is 1.95 bits per heavy atom. The highest BCUT2D eigenvalue weighted by Crippen LogP contribution is 2.22. The fourth-order valence-corrected chi connectivity index (χ4v) is 2.05. The van der Waals surface area contributed by atoms with Crippen molar-refractivity contribution in [1.82, 2.24) is 4.57 Å². The molecule has 4 nitrogen and oxygen atoms in total. The Morgan fingerprint density at radius 3 is 2.60 bits per heavy atom. The van der Waals surface area contributed by atoms with E-state index in [-0.39, 0.29) is 5.56 Å². The van der Waals surface area contributed by atoms with E-state index in [1.54, 1.807) is 18.2 Å². The first kappa shape index (κ1) is 14.6. The molecule has 0 radical (unpaired) electrons. The van der Waals surface area contributed by atoms with Gasteiger partial charge in [0, 0.05) is 12.3 Å². The van der Waals surface area contributed by atoms with Gasteiger partial charge in [0.2, 0.25) is 0 Å². The van der Waals surface area contributed by atoms with Gasteiger partial charge in [-0.05, 0) is 23.8 Å². The molecule has 2 rings (SSSR count). The number of methoxy groups -OCH3 is 1. The van der Waals surface area contributed by atoms with E-state index >= 15 is 0 Å². The molecule has 0 aliphatic rings. The lowest BCUT2D eigenvalue weighted by molar-refractivity contribution is 0.0599. The van der Waals surface area contributed by atoms with E-state index in [4.69, 9.17) is 23.2 Å². The van der Waals surface area contributed by atoms with Gasteiger partial charge < -0.3 is 9.30 Å². The van der Waals surface area contributed by atoms with Crippen LogP contribution in [0.2, 0.25) is 10.0 Å². The van der Waals surface area contributed by atoms with Gasteiger partial charge in [-0.15, -0.1) is 0 Å². The molecule has 0 saturated carbocycles. The van der Waals surface area contributed by atoms with Gasteiger partial charge in [-0.3, -0.25) is 4.79 Å². The average Bonchev–Trinajstić information content (AvgIpc) is 2.44. The van der Waals surface area contributed by atoms with Gasteiger partial charge >= 0.3 is 5.97 Å². The van der Waals surface area contributed by atoms with Crippen molar-refractivity contribution in [3.05, 3.63) is 68.1 Å². The van der Waals surface area contributed by atoms with Crippen molar-refractivity contribution in [3.8, 4) is 0 Å². The molecule has 20 heavy (non-hydrogen) atoms. The molecule has 0 aliphatic heterocycles. The number of aromatic nitrogens is 1. The molecule has 0 unspecified atom stereocenters. The minimum atomic E-state index is -0.493. The Hall–Kier alpha value is -1.78. The van der Waals surface area contributed by atoms with Crippen LogP contribution in [0.3, 0.4) is 0 Å². The van der Waals surface area contributed by atoms with E-state index in [1.807, 2.05) is 0 Å². The van der Waals surface area contributed by atoms with Gasteiger partial charge in [-0.2, -0.15) is 0 Å². The van der Waals surface area contributed by atoms with Gasteiger partial charge in [-0.1, -0.05) is 29.3 Å². The van der Waals surface area contributed by atoms with Crippen LogP contribution in [0.25, 0.3) is 0 Å². The van der Waals surface area contributed by atoms with Crippen LogP contribution >= 0.6 is 23.2 Å². The summed E-state index contributed by atoms with van der Waals surface area (Å²) in [6, 6.07) is 7.87. The van der Waals surface area contributed by atoms with Crippen molar-refractivity contribution in [2.45, 2.75) is 6.54 Å². The first-order chi connectivity index (χ1) is 9.51. The zero-order valence-electron chi connectivity index (χ0n) is 10.6. The number of ether oxygens (including phenoxy) is 1. The topological polar surface area (TPSA) is 48.3 Å². The molecular formula is C14H11Cl2NO3. The molecule has 0 amide bonds. The third-order valence-electron chi connectivity index (χ3n) is 2.74. The molecule has 1 heterocycles. The molecule has 1 aromatic carbocycles. The number of carbonyl (C=O) groups excluding carboxylic acids is 1. The Labute approximate surface area is 125 Å². The standard InChI is InChI=1S/C14H11Cl2NO3/c1-20-14(19)10-3-5-13(18)17(8-10)7-9-2-4-11(15)12(16)6-9/h2-6,8H,7H2,1H3. The molecule has 0 saturated heterocycles. The Balaban J connectivity index is 2.35. The fourth-order valence-electron chi connectivity index (χ4n) is 1.73. The van der Waals surface area contributed by atoms with Crippen molar-refractivity contribution >= 4 is 29.2 Å². The first-order valence-corrected chi connectivity index (χ1v) is 6.49. The lowest BCUT2D eigenvalue weighted by atomic mass is 10.2. The van der Waals surface area contributed by atoms with Gasteiger partial charge in [-0.25, -0.2) is 4.79 Å². The molecule has 0 aliphatic carbocycles. The van der Waals surface area contributed by atoms with E-state index in [0.29, 0.717) is 22.2 Å². The minimum Gasteiger partial charge on any atom is -0.465 e. The second kappa shape index (κ2) is 6.11. The van der Waals surface area contributed by atoms with Crippen LogP contribution in [0.15, 0.2) is 41.3 Å². The van der Waals surface area contributed by atoms with E-state index < -0.39 is 5.97 Å². The number of halogens is 2. The molecule has 0 fully saturated rings. The summed E-state index contributed by atoms with van der Waals surface area (Å²) < 4.78 is 6.03. The Bertz CT molecular complexity index is 710. The summed E-state index contributed by atoms with van der Waals surface area (Å²) in [5.41, 5.74) is 0.902. The number of nitrogens with zero attached hydrogens (tertiary/aromatic N) is 1.